The normalized spacial score (nSPS) is 14.7. The molecule has 0 saturated carbocycles. The quantitative estimate of drug-likeness (QED) is 0.888. The first-order valence-electron chi connectivity index (χ1n) is 7.40. The number of anilines is 1. The molecule has 0 atom stereocenters. The van der Waals surface area contributed by atoms with E-state index in [9.17, 15) is 0 Å². The van der Waals surface area contributed by atoms with E-state index in [1.807, 2.05) is 0 Å². The molecule has 1 N–H and O–H groups in total. The van der Waals surface area contributed by atoms with Gasteiger partial charge in [-0.05, 0) is 43.2 Å². The molecule has 0 amide bonds. The lowest BCUT2D eigenvalue weighted by Crippen LogP contribution is -2.14. The van der Waals surface area contributed by atoms with Crippen LogP contribution in [0.1, 0.15) is 37.9 Å². The molecule has 2 heteroatoms. The van der Waals surface area contributed by atoms with Gasteiger partial charge in [0.2, 0.25) is 0 Å². The molecule has 0 fully saturated rings. The zero-order chi connectivity index (χ0) is 13.2. The van der Waals surface area contributed by atoms with Crippen LogP contribution in [-0.4, -0.2) is 11.5 Å². The van der Waals surface area contributed by atoms with Crippen molar-refractivity contribution in [2.75, 3.05) is 11.9 Å². The summed E-state index contributed by atoms with van der Waals surface area (Å²) in [7, 11) is 0. The van der Waals surface area contributed by atoms with Gasteiger partial charge in [0, 0.05) is 23.3 Å². The van der Waals surface area contributed by atoms with Crippen LogP contribution in [0.2, 0.25) is 0 Å². The van der Waals surface area contributed by atoms with Crippen molar-refractivity contribution in [3.8, 4) is 0 Å². The number of para-hydroxylation sites is 1. The van der Waals surface area contributed by atoms with Crippen molar-refractivity contribution in [2.24, 2.45) is 5.92 Å². The lowest BCUT2D eigenvalue weighted by molar-refractivity contribution is 0.665. The highest BCUT2D eigenvalue weighted by Gasteiger charge is 2.17. The van der Waals surface area contributed by atoms with Crippen molar-refractivity contribution in [1.29, 1.82) is 0 Å². The third-order valence-electron chi connectivity index (χ3n) is 3.86. The maximum Gasteiger partial charge on any atom is 0.0726 e. The van der Waals surface area contributed by atoms with Crippen LogP contribution < -0.4 is 5.32 Å². The second-order valence-electron chi connectivity index (χ2n) is 5.91. The van der Waals surface area contributed by atoms with E-state index >= 15 is 0 Å². The summed E-state index contributed by atoms with van der Waals surface area (Å²) in [6.07, 6.45) is 4.88. The van der Waals surface area contributed by atoms with E-state index in [4.69, 9.17) is 4.98 Å². The van der Waals surface area contributed by atoms with Gasteiger partial charge < -0.3 is 5.32 Å². The molecule has 0 aliphatic heterocycles. The van der Waals surface area contributed by atoms with E-state index in [-0.39, 0.29) is 0 Å². The van der Waals surface area contributed by atoms with Crippen LogP contribution in [0.25, 0.3) is 10.9 Å². The van der Waals surface area contributed by atoms with Gasteiger partial charge in [-0.2, -0.15) is 0 Å². The van der Waals surface area contributed by atoms with Gasteiger partial charge in [0.05, 0.1) is 5.52 Å². The molecule has 0 bridgehead atoms. The minimum absolute atomic E-state index is 0.658. The lowest BCUT2D eigenvalue weighted by Gasteiger charge is -2.22. The van der Waals surface area contributed by atoms with E-state index < -0.39 is 0 Å². The fourth-order valence-corrected chi connectivity index (χ4v) is 2.88. The Labute approximate surface area is 115 Å². The summed E-state index contributed by atoms with van der Waals surface area (Å²) in [6, 6.07) is 8.52. The molecular weight excluding hydrogens is 232 g/mol. The predicted octanol–water partition coefficient (Wildman–Crippen LogP) is 4.18. The Bertz CT molecular complexity index is 587. The number of nitrogens with one attached hydrogen (secondary N) is 1. The van der Waals surface area contributed by atoms with E-state index in [0.29, 0.717) is 5.92 Å². The molecular formula is C17H22N2. The van der Waals surface area contributed by atoms with Crippen LogP contribution in [-0.2, 0) is 12.8 Å². The first-order chi connectivity index (χ1) is 9.25. The Kier molecular flexibility index (Phi) is 3.41. The summed E-state index contributed by atoms with van der Waals surface area (Å²) >= 11 is 0. The molecule has 0 saturated heterocycles. The number of rotatable bonds is 3. The largest absolute Gasteiger partial charge is 0.384 e. The smallest absolute Gasteiger partial charge is 0.0726 e. The Hall–Kier alpha value is -1.57. The fraction of sp³-hybridized carbons (Fsp3) is 0.471. The van der Waals surface area contributed by atoms with E-state index in [2.05, 4.69) is 43.4 Å². The van der Waals surface area contributed by atoms with Crippen molar-refractivity contribution in [3.63, 3.8) is 0 Å². The summed E-state index contributed by atoms with van der Waals surface area (Å²) in [6.45, 7) is 5.53. The van der Waals surface area contributed by atoms with Crippen LogP contribution >= 0.6 is 0 Å². The monoisotopic (exact) mass is 254 g/mol. The molecule has 0 radical (unpaired) electrons. The summed E-state index contributed by atoms with van der Waals surface area (Å²) < 4.78 is 0. The van der Waals surface area contributed by atoms with Crippen LogP contribution in [0.3, 0.4) is 0 Å². The summed E-state index contributed by atoms with van der Waals surface area (Å²) in [4.78, 5) is 4.86. The molecule has 3 rings (SSSR count). The van der Waals surface area contributed by atoms with E-state index in [1.54, 1.807) is 0 Å². The number of aromatic nitrogens is 1. The molecule has 1 aromatic carbocycles. The van der Waals surface area contributed by atoms with Gasteiger partial charge in [0.1, 0.15) is 0 Å². The molecule has 2 nitrogen and oxygen atoms in total. The highest BCUT2D eigenvalue weighted by atomic mass is 14.9. The summed E-state index contributed by atoms with van der Waals surface area (Å²) in [5.41, 5.74) is 5.25. The second kappa shape index (κ2) is 5.20. The molecule has 1 aliphatic rings. The van der Waals surface area contributed by atoms with Gasteiger partial charge in [0.15, 0.2) is 0 Å². The Morgan fingerprint density at radius 2 is 1.95 bits per heavy atom. The Balaban J connectivity index is 2.13. The van der Waals surface area contributed by atoms with Gasteiger partial charge in [-0.3, -0.25) is 4.98 Å². The molecule has 0 unspecified atom stereocenters. The number of pyridine rings is 1. The van der Waals surface area contributed by atoms with Crippen LogP contribution in [0, 0.1) is 5.92 Å². The number of hydrogen-bond donors (Lipinski definition) is 1. The minimum atomic E-state index is 0.658. The number of benzene rings is 1. The first kappa shape index (κ1) is 12.5. The third kappa shape index (κ3) is 2.44. The SMILES string of the molecule is CC(C)CNc1c2c(nc3ccccc13)CCCC2. The number of aryl methyl sites for hydroxylation is 1. The average molecular weight is 254 g/mol. The molecule has 19 heavy (non-hydrogen) atoms. The van der Waals surface area contributed by atoms with Crippen LogP contribution in [0.5, 0.6) is 0 Å². The predicted molar refractivity (Wildman–Crippen MR) is 81.7 cm³/mol. The Morgan fingerprint density at radius 3 is 2.79 bits per heavy atom. The zero-order valence-corrected chi connectivity index (χ0v) is 11.9. The highest BCUT2D eigenvalue weighted by molar-refractivity contribution is 5.93. The highest BCUT2D eigenvalue weighted by Crippen LogP contribution is 2.33. The molecule has 0 spiro atoms. The minimum Gasteiger partial charge on any atom is -0.384 e. The fourth-order valence-electron chi connectivity index (χ4n) is 2.88. The number of nitrogens with zero attached hydrogens (tertiary/aromatic N) is 1. The van der Waals surface area contributed by atoms with E-state index in [1.165, 1.54) is 41.6 Å². The number of hydrogen-bond acceptors (Lipinski definition) is 2. The van der Waals surface area contributed by atoms with Crippen molar-refractivity contribution in [1.82, 2.24) is 4.98 Å². The van der Waals surface area contributed by atoms with Gasteiger partial charge in [-0.15, -0.1) is 0 Å². The van der Waals surface area contributed by atoms with Crippen molar-refractivity contribution >= 4 is 16.6 Å². The van der Waals surface area contributed by atoms with Crippen molar-refractivity contribution < 1.29 is 0 Å². The van der Waals surface area contributed by atoms with Gasteiger partial charge in [0.25, 0.3) is 0 Å². The van der Waals surface area contributed by atoms with Gasteiger partial charge in [-0.1, -0.05) is 32.0 Å². The zero-order valence-electron chi connectivity index (χ0n) is 11.9. The average Bonchev–Trinajstić information content (AvgIpc) is 2.43. The summed E-state index contributed by atoms with van der Waals surface area (Å²) in [5, 5.41) is 4.96. The third-order valence-corrected chi connectivity index (χ3v) is 3.86. The van der Waals surface area contributed by atoms with Crippen molar-refractivity contribution in [3.05, 3.63) is 35.5 Å². The molecule has 1 aromatic heterocycles. The molecule has 100 valence electrons. The standard InChI is InChI=1S/C17H22N2/c1-12(2)11-18-17-13-7-3-5-9-15(13)19-16-10-6-4-8-14(16)17/h3,5,7,9,12H,4,6,8,10-11H2,1-2H3,(H,18,19). The van der Waals surface area contributed by atoms with Crippen LogP contribution in [0.15, 0.2) is 24.3 Å². The van der Waals surface area contributed by atoms with Crippen LogP contribution in [0.4, 0.5) is 5.69 Å². The maximum atomic E-state index is 4.86. The van der Waals surface area contributed by atoms with Gasteiger partial charge >= 0.3 is 0 Å². The molecule has 1 aliphatic carbocycles. The van der Waals surface area contributed by atoms with Gasteiger partial charge in [-0.25, -0.2) is 0 Å². The topological polar surface area (TPSA) is 24.9 Å². The maximum absolute atomic E-state index is 4.86. The number of fused-ring (bicyclic) bond motifs is 2. The first-order valence-corrected chi connectivity index (χ1v) is 7.40. The molecule has 1 heterocycles. The molecule has 2 aromatic rings. The Morgan fingerprint density at radius 1 is 1.16 bits per heavy atom. The lowest BCUT2D eigenvalue weighted by atomic mass is 9.92. The summed E-state index contributed by atoms with van der Waals surface area (Å²) in [5.74, 6) is 0.658. The van der Waals surface area contributed by atoms with E-state index in [0.717, 1.165) is 18.5 Å². The van der Waals surface area contributed by atoms with Crippen molar-refractivity contribution in [2.45, 2.75) is 39.5 Å². The second-order valence-corrected chi connectivity index (χ2v) is 5.91.